The second kappa shape index (κ2) is 7.59. The molecule has 0 bridgehead atoms. The summed E-state index contributed by atoms with van der Waals surface area (Å²) in [6.45, 7) is 3.30. The summed E-state index contributed by atoms with van der Waals surface area (Å²) in [5, 5.41) is 5.13. The van der Waals surface area contributed by atoms with Crippen LogP contribution in [-0.4, -0.2) is 30.9 Å². The minimum Gasteiger partial charge on any atom is -0.455 e. The van der Waals surface area contributed by atoms with Crippen LogP contribution in [0.1, 0.15) is 18.9 Å². The van der Waals surface area contributed by atoms with Gasteiger partial charge in [-0.25, -0.2) is 0 Å². The third-order valence-corrected chi connectivity index (χ3v) is 4.16. The van der Waals surface area contributed by atoms with Crippen molar-refractivity contribution < 1.29 is 19.1 Å². The fourth-order valence-electron chi connectivity index (χ4n) is 2.09. The molecule has 0 heterocycles. The molecule has 124 valence electrons. The molecule has 0 spiro atoms. The molecule has 1 aromatic rings. The molecule has 0 aromatic heterocycles. The standard InChI is InChI=1S/C16H19BrN2O4/c1-9-6-12(9)16(22)23-8-15(21)18-7-14(20)19-13-4-3-11(17)5-10(13)2/h3-5,9,12H,6-8H2,1-2H3,(H,18,21)(H,19,20)/t9-,12+/m0/s1. The molecular formula is C16H19BrN2O4. The Labute approximate surface area is 143 Å². The van der Waals surface area contributed by atoms with E-state index in [1.807, 2.05) is 26.0 Å². The molecule has 1 saturated carbocycles. The summed E-state index contributed by atoms with van der Waals surface area (Å²) >= 11 is 3.35. The molecule has 1 aromatic carbocycles. The SMILES string of the molecule is Cc1cc(Br)ccc1NC(=O)CNC(=O)COC(=O)[C@@H]1C[C@@H]1C. The number of nitrogens with one attached hydrogen (secondary N) is 2. The maximum absolute atomic E-state index is 11.8. The number of carbonyl (C=O) groups excluding carboxylic acids is 3. The molecule has 1 aliphatic rings. The highest BCUT2D eigenvalue weighted by molar-refractivity contribution is 9.10. The van der Waals surface area contributed by atoms with Crippen LogP contribution in [0.5, 0.6) is 0 Å². The smallest absolute Gasteiger partial charge is 0.309 e. The summed E-state index contributed by atoms with van der Waals surface area (Å²) < 4.78 is 5.82. The summed E-state index contributed by atoms with van der Waals surface area (Å²) in [4.78, 5) is 34.9. The molecular weight excluding hydrogens is 364 g/mol. The van der Waals surface area contributed by atoms with Crippen LogP contribution in [0.25, 0.3) is 0 Å². The largest absolute Gasteiger partial charge is 0.455 e. The van der Waals surface area contributed by atoms with E-state index >= 15 is 0 Å². The van der Waals surface area contributed by atoms with Crippen molar-refractivity contribution >= 4 is 39.4 Å². The lowest BCUT2D eigenvalue weighted by Gasteiger charge is -2.10. The van der Waals surface area contributed by atoms with E-state index in [0.29, 0.717) is 11.6 Å². The molecule has 0 aliphatic heterocycles. The zero-order chi connectivity index (χ0) is 17.0. The van der Waals surface area contributed by atoms with Crippen LogP contribution in [0.3, 0.4) is 0 Å². The highest BCUT2D eigenvalue weighted by Crippen LogP contribution is 2.38. The minimum atomic E-state index is -0.491. The summed E-state index contributed by atoms with van der Waals surface area (Å²) in [6.07, 6.45) is 0.815. The molecule has 1 fully saturated rings. The predicted octanol–water partition coefficient (Wildman–Crippen LogP) is 2.01. The lowest BCUT2D eigenvalue weighted by molar-refractivity contribution is -0.150. The van der Waals surface area contributed by atoms with Gasteiger partial charge in [0.05, 0.1) is 12.5 Å². The third kappa shape index (κ3) is 5.35. The highest BCUT2D eigenvalue weighted by Gasteiger charge is 2.40. The molecule has 7 heteroatoms. The Morgan fingerprint density at radius 3 is 2.61 bits per heavy atom. The van der Waals surface area contributed by atoms with E-state index in [1.165, 1.54) is 0 Å². The number of carbonyl (C=O) groups is 3. The van der Waals surface area contributed by atoms with Crippen LogP contribution in [0.4, 0.5) is 5.69 Å². The molecule has 0 unspecified atom stereocenters. The number of hydrogen-bond acceptors (Lipinski definition) is 4. The molecule has 2 amide bonds. The number of aryl methyl sites for hydroxylation is 1. The Morgan fingerprint density at radius 1 is 1.30 bits per heavy atom. The van der Waals surface area contributed by atoms with Gasteiger partial charge in [-0.05, 0) is 43.0 Å². The Morgan fingerprint density at radius 2 is 2.00 bits per heavy atom. The first-order valence-electron chi connectivity index (χ1n) is 7.36. The lowest BCUT2D eigenvalue weighted by atomic mass is 10.2. The second-order valence-electron chi connectivity index (χ2n) is 5.71. The van der Waals surface area contributed by atoms with E-state index in [9.17, 15) is 14.4 Å². The number of anilines is 1. The van der Waals surface area contributed by atoms with Crippen LogP contribution in [0, 0.1) is 18.8 Å². The summed E-state index contributed by atoms with van der Waals surface area (Å²) in [7, 11) is 0. The van der Waals surface area contributed by atoms with E-state index in [4.69, 9.17) is 4.74 Å². The van der Waals surface area contributed by atoms with Crippen molar-refractivity contribution in [2.75, 3.05) is 18.5 Å². The molecule has 2 atom stereocenters. The quantitative estimate of drug-likeness (QED) is 0.737. The number of benzene rings is 1. The number of rotatable bonds is 6. The van der Waals surface area contributed by atoms with Crippen molar-refractivity contribution in [2.24, 2.45) is 11.8 Å². The number of amides is 2. The Bertz CT molecular complexity index is 633. The van der Waals surface area contributed by atoms with E-state index in [-0.39, 0.29) is 30.9 Å². The highest BCUT2D eigenvalue weighted by atomic mass is 79.9. The van der Waals surface area contributed by atoms with Gasteiger partial charge in [-0.3, -0.25) is 14.4 Å². The van der Waals surface area contributed by atoms with Crippen molar-refractivity contribution in [3.05, 3.63) is 28.2 Å². The summed E-state index contributed by atoms with van der Waals surface area (Å²) in [5.74, 6) is -0.917. The van der Waals surface area contributed by atoms with Gasteiger partial charge in [0.2, 0.25) is 5.91 Å². The van der Waals surface area contributed by atoms with E-state index in [1.54, 1.807) is 6.07 Å². The minimum absolute atomic E-state index is 0.0773. The van der Waals surface area contributed by atoms with Crippen LogP contribution in [0.15, 0.2) is 22.7 Å². The van der Waals surface area contributed by atoms with E-state index in [0.717, 1.165) is 16.5 Å². The number of ether oxygens (including phenoxy) is 1. The molecule has 6 nitrogen and oxygen atoms in total. The van der Waals surface area contributed by atoms with Gasteiger partial charge in [0.1, 0.15) is 0 Å². The van der Waals surface area contributed by atoms with Gasteiger partial charge in [-0.15, -0.1) is 0 Å². The first-order chi connectivity index (χ1) is 10.9. The molecule has 2 N–H and O–H groups in total. The zero-order valence-electron chi connectivity index (χ0n) is 13.0. The maximum Gasteiger partial charge on any atom is 0.309 e. The lowest BCUT2D eigenvalue weighted by Crippen LogP contribution is -2.35. The van der Waals surface area contributed by atoms with Gasteiger partial charge < -0.3 is 15.4 Å². The average molecular weight is 383 g/mol. The van der Waals surface area contributed by atoms with E-state index < -0.39 is 5.91 Å². The van der Waals surface area contributed by atoms with Gasteiger partial charge >= 0.3 is 5.97 Å². The normalized spacial score (nSPS) is 18.9. The van der Waals surface area contributed by atoms with Gasteiger partial charge in [0.25, 0.3) is 5.91 Å². The fourth-order valence-corrected chi connectivity index (χ4v) is 2.56. The first-order valence-corrected chi connectivity index (χ1v) is 8.15. The van der Waals surface area contributed by atoms with Gasteiger partial charge in [0, 0.05) is 10.2 Å². The Hall–Kier alpha value is -1.89. The van der Waals surface area contributed by atoms with Gasteiger partial charge in [-0.2, -0.15) is 0 Å². The molecule has 1 aliphatic carbocycles. The monoisotopic (exact) mass is 382 g/mol. The maximum atomic E-state index is 11.8. The van der Waals surface area contributed by atoms with Crippen molar-refractivity contribution in [1.29, 1.82) is 0 Å². The van der Waals surface area contributed by atoms with Crippen molar-refractivity contribution in [3.63, 3.8) is 0 Å². The van der Waals surface area contributed by atoms with Crippen molar-refractivity contribution in [1.82, 2.24) is 5.32 Å². The van der Waals surface area contributed by atoms with Crippen molar-refractivity contribution in [2.45, 2.75) is 20.3 Å². The van der Waals surface area contributed by atoms with Crippen LogP contribution in [-0.2, 0) is 19.1 Å². The molecule has 2 rings (SSSR count). The number of esters is 1. The number of hydrogen-bond donors (Lipinski definition) is 2. The average Bonchev–Trinajstić information content (AvgIpc) is 3.22. The summed E-state index contributed by atoms with van der Waals surface area (Å²) in [5.41, 5.74) is 1.59. The second-order valence-corrected chi connectivity index (χ2v) is 6.63. The first kappa shape index (κ1) is 17.5. The van der Waals surface area contributed by atoms with Gasteiger partial charge in [-0.1, -0.05) is 22.9 Å². The number of halogens is 1. The van der Waals surface area contributed by atoms with E-state index in [2.05, 4.69) is 26.6 Å². The van der Waals surface area contributed by atoms with Crippen LogP contribution >= 0.6 is 15.9 Å². The fraction of sp³-hybridized carbons (Fsp3) is 0.438. The summed E-state index contributed by atoms with van der Waals surface area (Å²) in [6, 6.07) is 5.48. The van der Waals surface area contributed by atoms with Crippen molar-refractivity contribution in [3.8, 4) is 0 Å². The zero-order valence-corrected chi connectivity index (χ0v) is 14.6. The topological polar surface area (TPSA) is 84.5 Å². The van der Waals surface area contributed by atoms with Gasteiger partial charge in [0.15, 0.2) is 6.61 Å². The van der Waals surface area contributed by atoms with Crippen LogP contribution in [0.2, 0.25) is 0 Å². The molecule has 0 radical (unpaired) electrons. The Kier molecular flexibility index (Phi) is 5.76. The molecule has 0 saturated heterocycles. The van der Waals surface area contributed by atoms with Crippen LogP contribution < -0.4 is 10.6 Å². The molecule has 23 heavy (non-hydrogen) atoms. The third-order valence-electron chi connectivity index (χ3n) is 3.67. The predicted molar refractivity (Wildman–Crippen MR) is 88.7 cm³/mol. The Balaban J connectivity index is 1.69.